The Morgan fingerprint density at radius 1 is 0.643 bits per heavy atom. The Hall–Kier alpha value is -6.37. The van der Waals surface area contributed by atoms with Gasteiger partial charge in [0, 0.05) is 35.6 Å². The number of anilines is 4. The van der Waals surface area contributed by atoms with Crippen molar-refractivity contribution in [2.45, 2.75) is 0 Å². The van der Waals surface area contributed by atoms with Gasteiger partial charge in [0.15, 0.2) is 11.5 Å². The molecule has 2 N–H and O–H groups in total. The molecule has 6 aromatic rings. The van der Waals surface area contributed by atoms with E-state index in [1.807, 2.05) is 36.4 Å². The molecule has 0 saturated carbocycles. The average Bonchev–Trinajstić information content (AvgIpc) is 3.36. The number of hydrogen-bond acceptors (Lipinski definition) is 9. The molecule has 0 bridgehead atoms. The minimum atomic E-state index is -0.509. The summed E-state index contributed by atoms with van der Waals surface area (Å²) in [7, 11) is 0. The summed E-state index contributed by atoms with van der Waals surface area (Å²) in [4.78, 5) is 40.5. The lowest BCUT2D eigenvalue weighted by Crippen LogP contribution is -2.23. The first-order valence-corrected chi connectivity index (χ1v) is 12.6. The zero-order valence-corrected chi connectivity index (χ0v) is 21.6. The van der Waals surface area contributed by atoms with Gasteiger partial charge in [0.1, 0.15) is 5.39 Å². The number of benzene rings is 4. The predicted molar refractivity (Wildman–Crippen MR) is 157 cm³/mol. The Kier molecular flexibility index (Phi) is 6.57. The van der Waals surface area contributed by atoms with Crippen LogP contribution in [0.3, 0.4) is 0 Å². The van der Waals surface area contributed by atoms with Crippen LogP contribution < -0.4 is 16.2 Å². The molecule has 0 atom stereocenters. The molecule has 0 amide bonds. The third kappa shape index (κ3) is 4.88. The molecule has 6 rings (SSSR count). The fraction of sp³-hybridized carbons (Fsp3) is 0. The zero-order chi connectivity index (χ0) is 29.2. The maximum absolute atomic E-state index is 14.3. The van der Waals surface area contributed by atoms with Gasteiger partial charge in [0.25, 0.3) is 16.9 Å². The predicted octanol–water partition coefficient (Wildman–Crippen LogP) is 5.88. The Morgan fingerprint density at radius 3 is 1.79 bits per heavy atom. The van der Waals surface area contributed by atoms with Crippen molar-refractivity contribution < 1.29 is 9.85 Å². The van der Waals surface area contributed by atoms with Crippen LogP contribution in [0.15, 0.2) is 114 Å². The van der Waals surface area contributed by atoms with Gasteiger partial charge in [-0.25, -0.2) is 9.25 Å². The summed E-state index contributed by atoms with van der Waals surface area (Å²) in [6.07, 6.45) is 0. The van der Waals surface area contributed by atoms with Gasteiger partial charge >= 0.3 is 0 Å². The van der Waals surface area contributed by atoms with Gasteiger partial charge in [-0.2, -0.15) is 4.98 Å². The van der Waals surface area contributed by atoms with Crippen LogP contribution in [0, 0.1) is 20.2 Å². The smallest absolute Gasteiger partial charge is 0.272 e. The largest absolute Gasteiger partial charge is 0.338 e. The lowest BCUT2D eigenvalue weighted by molar-refractivity contribution is -0.385. The molecule has 0 saturated heterocycles. The normalized spacial score (nSPS) is 10.9. The van der Waals surface area contributed by atoms with E-state index in [4.69, 9.17) is 4.98 Å². The molecule has 0 aliphatic heterocycles. The highest BCUT2D eigenvalue weighted by Crippen LogP contribution is 2.29. The van der Waals surface area contributed by atoms with Gasteiger partial charge in [-0.15, -0.1) is 5.10 Å². The molecule has 0 radical (unpaired) electrons. The Morgan fingerprint density at radius 2 is 1.19 bits per heavy atom. The van der Waals surface area contributed by atoms with E-state index in [9.17, 15) is 25.0 Å². The fourth-order valence-corrected chi connectivity index (χ4v) is 4.40. The number of non-ortho nitro benzene ring substituents is 2. The fourth-order valence-electron chi connectivity index (χ4n) is 4.40. The summed E-state index contributed by atoms with van der Waals surface area (Å²) in [5.74, 6) is 0.362. The zero-order valence-electron chi connectivity index (χ0n) is 21.6. The van der Waals surface area contributed by atoms with Crippen molar-refractivity contribution in [1.82, 2.24) is 19.3 Å². The Bertz CT molecular complexity index is 1990. The van der Waals surface area contributed by atoms with Crippen molar-refractivity contribution >= 4 is 45.5 Å². The van der Waals surface area contributed by atoms with E-state index in [0.717, 1.165) is 0 Å². The summed E-state index contributed by atoms with van der Waals surface area (Å²) in [6, 6.07) is 29.6. The maximum Gasteiger partial charge on any atom is 0.272 e. The van der Waals surface area contributed by atoms with Crippen molar-refractivity contribution in [2.75, 3.05) is 10.6 Å². The van der Waals surface area contributed by atoms with Crippen molar-refractivity contribution in [1.29, 1.82) is 0 Å². The first-order chi connectivity index (χ1) is 20.4. The molecular formula is C29H20N8O5. The number of fused-ring (bicyclic) bond motifs is 1. The monoisotopic (exact) mass is 560 g/mol. The van der Waals surface area contributed by atoms with Crippen molar-refractivity contribution in [3.8, 4) is 11.4 Å². The number of nitro groups is 2. The number of hydrogen-bond donors (Lipinski definition) is 2. The highest BCUT2D eigenvalue weighted by atomic mass is 16.6. The van der Waals surface area contributed by atoms with Crippen LogP contribution in [-0.4, -0.2) is 29.2 Å². The molecule has 0 aliphatic carbocycles. The van der Waals surface area contributed by atoms with Gasteiger partial charge < -0.3 is 10.6 Å². The minimum absolute atomic E-state index is 0.0912. The van der Waals surface area contributed by atoms with Gasteiger partial charge in [-0.3, -0.25) is 25.0 Å². The molecule has 0 fully saturated rings. The lowest BCUT2D eigenvalue weighted by atomic mass is 10.2. The number of rotatable bonds is 8. The van der Waals surface area contributed by atoms with E-state index >= 15 is 0 Å². The average molecular weight is 561 g/mol. The molecule has 13 heteroatoms. The molecular weight excluding hydrogens is 540 g/mol. The third-order valence-corrected chi connectivity index (χ3v) is 6.39. The van der Waals surface area contributed by atoms with E-state index in [0.29, 0.717) is 22.7 Å². The summed E-state index contributed by atoms with van der Waals surface area (Å²) in [5.41, 5.74) is 1.67. The SMILES string of the molecule is O=c1c2c(Nc3ccc([N+](=O)[O-])cc3)nn(-c3ccc([N+](=O)[O-])cc3)c2nc(Nc2ccccc2)n1-c1ccccc1. The van der Waals surface area contributed by atoms with E-state index in [1.165, 1.54) is 57.8 Å². The Labute approximate surface area is 236 Å². The van der Waals surface area contributed by atoms with Gasteiger partial charge in [-0.05, 0) is 48.5 Å². The second kappa shape index (κ2) is 10.7. The standard InChI is InChI=1S/C29H20N8O5/c38-28-25-26(30-20-11-13-23(14-12-20)36(39)40)33-35(22-15-17-24(18-16-22)37(41)42)27(25)32-29(31-19-7-3-1-4-8-19)34(28)21-9-5-2-6-10-21/h1-18H,(H,30,33)(H,31,32). The maximum atomic E-state index is 14.3. The molecule has 42 heavy (non-hydrogen) atoms. The first-order valence-electron chi connectivity index (χ1n) is 12.6. The highest BCUT2D eigenvalue weighted by molar-refractivity contribution is 5.91. The molecule has 0 spiro atoms. The van der Waals surface area contributed by atoms with Crippen molar-refractivity contribution in [3.63, 3.8) is 0 Å². The van der Waals surface area contributed by atoms with E-state index in [-0.39, 0.29) is 34.2 Å². The van der Waals surface area contributed by atoms with Gasteiger partial charge in [0.2, 0.25) is 5.95 Å². The van der Waals surface area contributed by atoms with Crippen molar-refractivity contribution in [3.05, 3.63) is 140 Å². The van der Waals surface area contributed by atoms with Crippen LogP contribution >= 0.6 is 0 Å². The highest BCUT2D eigenvalue weighted by Gasteiger charge is 2.23. The van der Waals surface area contributed by atoms with Gasteiger partial charge in [-0.1, -0.05) is 36.4 Å². The number of nitrogens with one attached hydrogen (secondary N) is 2. The van der Waals surface area contributed by atoms with E-state index in [1.54, 1.807) is 24.3 Å². The Balaban J connectivity index is 1.59. The van der Waals surface area contributed by atoms with Crippen LogP contribution in [0.2, 0.25) is 0 Å². The van der Waals surface area contributed by atoms with E-state index < -0.39 is 15.4 Å². The molecule has 4 aromatic carbocycles. The quantitative estimate of drug-likeness (QED) is 0.171. The second-order valence-electron chi connectivity index (χ2n) is 9.06. The lowest BCUT2D eigenvalue weighted by Gasteiger charge is -2.14. The van der Waals surface area contributed by atoms with Crippen molar-refractivity contribution in [2.24, 2.45) is 0 Å². The minimum Gasteiger partial charge on any atom is -0.338 e. The molecule has 13 nitrogen and oxygen atoms in total. The molecule has 2 heterocycles. The van der Waals surface area contributed by atoms with E-state index in [2.05, 4.69) is 15.7 Å². The summed E-state index contributed by atoms with van der Waals surface area (Å²) in [6.45, 7) is 0. The summed E-state index contributed by atoms with van der Waals surface area (Å²) >= 11 is 0. The topological polar surface area (TPSA) is 163 Å². The summed E-state index contributed by atoms with van der Waals surface area (Å²) in [5, 5.41) is 33.4. The first kappa shape index (κ1) is 25.9. The van der Waals surface area contributed by atoms with Crippen LogP contribution in [0.5, 0.6) is 0 Å². The van der Waals surface area contributed by atoms with Crippen LogP contribution in [0.25, 0.3) is 22.4 Å². The number of para-hydroxylation sites is 2. The summed E-state index contributed by atoms with van der Waals surface area (Å²) < 4.78 is 2.85. The molecule has 206 valence electrons. The van der Waals surface area contributed by atoms with Gasteiger partial charge in [0.05, 0.1) is 21.2 Å². The molecule has 2 aromatic heterocycles. The second-order valence-corrected chi connectivity index (χ2v) is 9.06. The van der Waals surface area contributed by atoms with Crippen LogP contribution in [-0.2, 0) is 0 Å². The third-order valence-electron chi connectivity index (χ3n) is 6.39. The number of nitro benzene ring substituents is 2. The number of aromatic nitrogens is 4. The number of nitrogens with zero attached hydrogens (tertiary/aromatic N) is 6. The van der Waals surface area contributed by atoms with Crippen LogP contribution in [0.4, 0.5) is 34.5 Å². The molecule has 0 aliphatic rings. The molecule has 0 unspecified atom stereocenters. The van der Waals surface area contributed by atoms with Crippen LogP contribution in [0.1, 0.15) is 0 Å².